The zero-order chi connectivity index (χ0) is 35.6. The molecule has 2 saturated carbocycles. The van der Waals surface area contributed by atoms with Crippen LogP contribution in [0.3, 0.4) is 0 Å². The third-order valence-corrected chi connectivity index (χ3v) is 11.8. The van der Waals surface area contributed by atoms with Crippen LogP contribution in [-0.4, -0.2) is 63.9 Å². The topological polar surface area (TPSA) is 136 Å². The van der Waals surface area contributed by atoms with Crippen molar-refractivity contribution in [3.05, 3.63) is 131 Å². The highest BCUT2D eigenvalue weighted by molar-refractivity contribution is 5.97. The zero-order valence-electron chi connectivity index (χ0n) is 28.4. The van der Waals surface area contributed by atoms with Crippen LogP contribution in [0, 0.1) is 28.6 Å². The highest BCUT2D eigenvalue weighted by Crippen LogP contribution is 2.75. The van der Waals surface area contributed by atoms with Crippen molar-refractivity contribution < 1.29 is 43.6 Å². The summed E-state index contributed by atoms with van der Waals surface area (Å²) in [6, 6.07) is 25.4. The summed E-state index contributed by atoms with van der Waals surface area (Å²) in [5, 5.41) is 24.9. The van der Waals surface area contributed by atoms with Crippen LogP contribution in [0.25, 0.3) is 0 Å². The first-order valence-electron chi connectivity index (χ1n) is 16.9. The van der Waals surface area contributed by atoms with Crippen LogP contribution in [0.1, 0.15) is 65.2 Å². The summed E-state index contributed by atoms with van der Waals surface area (Å²) in [5.41, 5.74) is -4.65. The summed E-state index contributed by atoms with van der Waals surface area (Å²) < 4.78 is 18.4. The van der Waals surface area contributed by atoms with Crippen LogP contribution >= 0.6 is 0 Å². The molecule has 1 unspecified atom stereocenters. The standard InChI is InChI=1S/C41H40O9/c1-24-20-30-31-38(4,23-48-35(44)27-14-8-5-9-15-27)40(31,50-37(46)29-18-12-7-13-19-29)22-26(3)39(33(30)43)21-25(2)34(41(39,47)32(24)42)49-36(45)28-16-10-6-11-17-28/h5-21,26,30-32,34,42,47H,22-23H2,1-4H3/t26-,30+,31-,32-,34+,38?,39+,40+,41+/m1/s1. The summed E-state index contributed by atoms with van der Waals surface area (Å²) in [7, 11) is 0. The maximum absolute atomic E-state index is 15.2. The summed E-state index contributed by atoms with van der Waals surface area (Å²) in [4.78, 5) is 55.6. The number of hydrogen-bond donors (Lipinski definition) is 2. The van der Waals surface area contributed by atoms with Crippen molar-refractivity contribution in [1.29, 1.82) is 0 Å². The van der Waals surface area contributed by atoms with Crippen molar-refractivity contribution >= 4 is 23.7 Å². The van der Waals surface area contributed by atoms with Gasteiger partial charge in [-0.15, -0.1) is 0 Å². The van der Waals surface area contributed by atoms with E-state index in [9.17, 15) is 24.6 Å². The quantitative estimate of drug-likeness (QED) is 0.188. The average molecular weight is 677 g/mol. The van der Waals surface area contributed by atoms with E-state index >= 15 is 4.79 Å². The Labute approximate surface area is 290 Å². The molecule has 0 radical (unpaired) electrons. The zero-order valence-corrected chi connectivity index (χ0v) is 28.4. The van der Waals surface area contributed by atoms with Crippen molar-refractivity contribution in [2.24, 2.45) is 28.6 Å². The number of carbonyl (C=O) groups is 4. The van der Waals surface area contributed by atoms with Crippen LogP contribution in [-0.2, 0) is 19.0 Å². The number of aliphatic hydroxyl groups is 2. The Bertz CT molecular complexity index is 1920. The number of hydrogen-bond acceptors (Lipinski definition) is 9. The maximum atomic E-state index is 15.2. The third kappa shape index (κ3) is 4.67. The monoisotopic (exact) mass is 676 g/mol. The lowest BCUT2D eigenvalue weighted by Gasteiger charge is -2.49. The minimum atomic E-state index is -2.27. The Morgan fingerprint density at radius 2 is 1.32 bits per heavy atom. The molecule has 9 nitrogen and oxygen atoms in total. The van der Waals surface area contributed by atoms with E-state index < -0.39 is 69.9 Å². The van der Waals surface area contributed by atoms with Gasteiger partial charge in [-0.25, -0.2) is 14.4 Å². The summed E-state index contributed by atoms with van der Waals surface area (Å²) in [5.74, 6) is -4.62. The largest absolute Gasteiger partial charge is 0.461 e. The minimum absolute atomic E-state index is 0.0862. The second-order valence-corrected chi connectivity index (χ2v) is 14.5. The van der Waals surface area contributed by atoms with Gasteiger partial charge in [0.15, 0.2) is 17.5 Å². The van der Waals surface area contributed by atoms with E-state index in [0.29, 0.717) is 22.3 Å². The number of aliphatic hydroxyl groups excluding tert-OH is 1. The molecule has 0 saturated heterocycles. The fraction of sp³-hybridized carbons (Fsp3) is 0.366. The molecule has 3 aromatic rings. The second kappa shape index (κ2) is 11.9. The van der Waals surface area contributed by atoms with Gasteiger partial charge in [-0.3, -0.25) is 4.79 Å². The molecule has 50 heavy (non-hydrogen) atoms. The SMILES string of the molecule is CC1=C[C@@H]2C(=O)[C@]3(C=C(C)[C@H](OC(=O)c4ccccc4)[C@@]3(O)[C@@H]1O)[C@H](C)C[C@]1(OC(=O)c3ccccc3)[C@H]2C1(C)COC(=O)c1ccccc1. The molecular formula is C41H40O9. The average Bonchev–Trinajstić information content (AvgIpc) is 3.57. The van der Waals surface area contributed by atoms with Crippen LogP contribution in [0.5, 0.6) is 0 Å². The van der Waals surface area contributed by atoms with Gasteiger partial charge in [0.1, 0.15) is 18.3 Å². The Kier molecular flexibility index (Phi) is 7.99. The Hall–Kier alpha value is -4.86. The molecule has 2 N–H and O–H groups in total. The van der Waals surface area contributed by atoms with Crippen LogP contribution in [0.2, 0.25) is 0 Å². The first-order valence-corrected chi connectivity index (χ1v) is 16.9. The van der Waals surface area contributed by atoms with Gasteiger partial charge in [-0.1, -0.05) is 80.6 Å². The number of allylic oxidation sites excluding steroid dienone is 1. The van der Waals surface area contributed by atoms with E-state index in [4.69, 9.17) is 14.2 Å². The number of ether oxygens (including phenoxy) is 3. The maximum Gasteiger partial charge on any atom is 0.338 e. The number of Topliss-reactive ketones (excluding diaryl/α,β-unsaturated/α-hetero) is 1. The summed E-state index contributed by atoms with van der Waals surface area (Å²) >= 11 is 0. The van der Waals surface area contributed by atoms with Gasteiger partial charge in [0, 0.05) is 17.3 Å². The molecule has 9 heteroatoms. The van der Waals surface area contributed by atoms with Crippen LogP contribution in [0.15, 0.2) is 114 Å². The van der Waals surface area contributed by atoms with E-state index in [1.165, 1.54) is 0 Å². The molecule has 0 aliphatic heterocycles. The molecule has 4 aliphatic rings. The van der Waals surface area contributed by atoms with E-state index in [1.807, 2.05) is 6.92 Å². The van der Waals surface area contributed by atoms with Gasteiger partial charge in [-0.2, -0.15) is 0 Å². The van der Waals surface area contributed by atoms with Gasteiger partial charge in [0.2, 0.25) is 0 Å². The highest BCUT2D eigenvalue weighted by atomic mass is 16.6. The molecule has 9 atom stereocenters. The van der Waals surface area contributed by atoms with Gasteiger partial charge in [0.25, 0.3) is 0 Å². The Morgan fingerprint density at radius 3 is 1.88 bits per heavy atom. The number of rotatable bonds is 7. The van der Waals surface area contributed by atoms with Crippen molar-refractivity contribution in [2.75, 3.05) is 6.61 Å². The lowest BCUT2D eigenvalue weighted by molar-refractivity contribution is -0.191. The van der Waals surface area contributed by atoms with E-state index in [1.54, 1.807) is 124 Å². The molecule has 2 bridgehead atoms. The van der Waals surface area contributed by atoms with E-state index in [2.05, 4.69) is 0 Å². The number of esters is 3. The number of fused-ring (bicyclic) bond motifs is 3. The molecule has 1 spiro atoms. The summed E-state index contributed by atoms with van der Waals surface area (Å²) in [6.07, 6.45) is 0.442. The van der Waals surface area contributed by atoms with E-state index in [-0.39, 0.29) is 24.4 Å². The van der Waals surface area contributed by atoms with Crippen LogP contribution < -0.4 is 0 Å². The van der Waals surface area contributed by atoms with Gasteiger partial charge in [-0.05, 0) is 73.7 Å². The fourth-order valence-electron chi connectivity index (χ4n) is 9.31. The molecular weight excluding hydrogens is 636 g/mol. The number of carbonyl (C=O) groups excluding carboxylic acids is 4. The number of benzene rings is 3. The van der Waals surface area contributed by atoms with Crippen molar-refractivity contribution in [3.63, 3.8) is 0 Å². The normalized spacial score (nSPS) is 35.2. The first-order chi connectivity index (χ1) is 23.8. The molecule has 0 heterocycles. The first kappa shape index (κ1) is 33.6. The molecule has 0 amide bonds. The summed E-state index contributed by atoms with van der Waals surface area (Å²) in [6.45, 7) is 6.79. The van der Waals surface area contributed by atoms with Gasteiger partial charge < -0.3 is 24.4 Å². The fourth-order valence-corrected chi connectivity index (χ4v) is 9.31. The highest BCUT2D eigenvalue weighted by Gasteiger charge is 2.85. The van der Waals surface area contributed by atoms with Crippen molar-refractivity contribution in [2.45, 2.75) is 57.5 Å². The van der Waals surface area contributed by atoms with Gasteiger partial charge >= 0.3 is 17.9 Å². The minimum Gasteiger partial charge on any atom is -0.461 e. The lowest BCUT2D eigenvalue weighted by Crippen LogP contribution is -2.65. The van der Waals surface area contributed by atoms with Crippen LogP contribution in [0.4, 0.5) is 0 Å². The molecule has 2 fully saturated rings. The molecule has 4 aliphatic carbocycles. The molecule has 3 aromatic carbocycles. The molecule has 7 rings (SSSR count). The van der Waals surface area contributed by atoms with E-state index in [0.717, 1.165) is 0 Å². The molecule has 0 aromatic heterocycles. The second-order valence-electron chi connectivity index (χ2n) is 14.5. The third-order valence-electron chi connectivity index (χ3n) is 11.8. The van der Waals surface area contributed by atoms with Crippen molar-refractivity contribution in [1.82, 2.24) is 0 Å². The molecule has 258 valence electrons. The predicted octanol–water partition coefficient (Wildman–Crippen LogP) is 5.52. The van der Waals surface area contributed by atoms with Gasteiger partial charge in [0.05, 0.1) is 22.1 Å². The van der Waals surface area contributed by atoms with Crippen molar-refractivity contribution in [3.8, 4) is 0 Å². The Morgan fingerprint density at radius 1 is 0.800 bits per heavy atom. The Balaban J connectivity index is 1.32. The lowest BCUT2D eigenvalue weighted by atomic mass is 9.59. The number of ketones is 1. The smallest absolute Gasteiger partial charge is 0.338 e. The predicted molar refractivity (Wildman–Crippen MR) is 182 cm³/mol.